The van der Waals surface area contributed by atoms with Crippen LogP contribution in [0.25, 0.3) is 32.3 Å². The van der Waals surface area contributed by atoms with Crippen molar-refractivity contribution in [1.29, 1.82) is 0 Å². The highest BCUT2D eigenvalue weighted by Gasteiger charge is 2.13. The van der Waals surface area contributed by atoms with E-state index in [0.29, 0.717) is 0 Å². The predicted octanol–water partition coefficient (Wildman–Crippen LogP) is 4.49. The molecule has 0 aliphatic heterocycles. The number of carbonyl (C=O) groups excluding carboxylic acids is 1. The molecule has 0 fully saturated rings. The first-order valence-electron chi connectivity index (χ1n) is 8.16. The highest BCUT2D eigenvalue weighted by molar-refractivity contribution is 6.23. The maximum atomic E-state index is 11.8. The average Bonchev–Trinajstić information content (AvgIpc) is 2.63. The van der Waals surface area contributed by atoms with Gasteiger partial charge < -0.3 is 9.84 Å². The van der Waals surface area contributed by atoms with Gasteiger partial charge >= 0.3 is 11.9 Å². The lowest BCUT2D eigenvalue weighted by Crippen LogP contribution is -2.07. The van der Waals surface area contributed by atoms with Gasteiger partial charge in [0.2, 0.25) is 0 Å². The summed E-state index contributed by atoms with van der Waals surface area (Å²) in [5.74, 6) is -1.49. The van der Waals surface area contributed by atoms with Gasteiger partial charge in [-0.25, -0.2) is 0 Å². The zero-order valence-corrected chi connectivity index (χ0v) is 13.5. The molecule has 0 saturated heterocycles. The minimum Gasteiger partial charge on any atom is -0.481 e. The van der Waals surface area contributed by atoms with Gasteiger partial charge in [0.1, 0.15) is 6.61 Å². The fourth-order valence-electron chi connectivity index (χ4n) is 3.40. The smallest absolute Gasteiger partial charge is 0.306 e. The van der Waals surface area contributed by atoms with Gasteiger partial charge in [-0.3, -0.25) is 9.59 Å². The molecule has 0 aliphatic rings. The Hall–Kier alpha value is -3.14. The van der Waals surface area contributed by atoms with Gasteiger partial charge in [-0.15, -0.1) is 0 Å². The van der Waals surface area contributed by atoms with E-state index in [0.717, 1.165) is 21.7 Å². The number of benzene rings is 4. The number of hydrogen-bond acceptors (Lipinski definition) is 3. The standard InChI is InChI=1S/C21H16O4/c22-18(23)9-10-19(24)25-12-16-11-15-5-1-3-13-7-8-14-4-2-6-17(16)21(14)20(13)15/h1-8,11H,9-10,12H2,(H,22,23). The third-order valence-electron chi connectivity index (χ3n) is 4.53. The van der Waals surface area contributed by atoms with E-state index in [4.69, 9.17) is 9.84 Å². The summed E-state index contributed by atoms with van der Waals surface area (Å²) in [5, 5.41) is 15.6. The van der Waals surface area contributed by atoms with Crippen LogP contribution >= 0.6 is 0 Å². The van der Waals surface area contributed by atoms with Gasteiger partial charge in [0.15, 0.2) is 0 Å². The lowest BCUT2D eigenvalue weighted by atomic mass is 9.91. The Morgan fingerprint density at radius 3 is 2.28 bits per heavy atom. The normalized spacial score (nSPS) is 11.4. The van der Waals surface area contributed by atoms with E-state index in [-0.39, 0.29) is 19.4 Å². The molecule has 0 heterocycles. The highest BCUT2D eigenvalue weighted by Crippen LogP contribution is 2.36. The minimum absolute atomic E-state index is 0.112. The first-order chi connectivity index (χ1) is 12.1. The molecule has 0 amide bonds. The number of carboxylic acids is 1. The van der Waals surface area contributed by atoms with E-state index in [1.807, 2.05) is 18.2 Å². The third-order valence-corrected chi connectivity index (χ3v) is 4.53. The number of rotatable bonds is 5. The Morgan fingerprint density at radius 2 is 1.52 bits per heavy atom. The van der Waals surface area contributed by atoms with Crippen LogP contribution in [0, 0.1) is 0 Å². The van der Waals surface area contributed by atoms with Crippen molar-refractivity contribution in [1.82, 2.24) is 0 Å². The molecule has 0 bridgehead atoms. The first-order valence-corrected chi connectivity index (χ1v) is 8.16. The van der Waals surface area contributed by atoms with Crippen LogP contribution in [0.1, 0.15) is 18.4 Å². The van der Waals surface area contributed by atoms with Crippen LogP contribution in [0.2, 0.25) is 0 Å². The monoisotopic (exact) mass is 332 g/mol. The van der Waals surface area contributed by atoms with Gasteiger partial charge in [0.05, 0.1) is 12.8 Å². The molecular formula is C21H16O4. The zero-order valence-electron chi connectivity index (χ0n) is 13.5. The van der Waals surface area contributed by atoms with Crippen molar-refractivity contribution in [3.8, 4) is 0 Å². The molecule has 0 spiro atoms. The van der Waals surface area contributed by atoms with E-state index < -0.39 is 11.9 Å². The van der Waals surface area contributed by atoms with Crippen molar-refractivity contribution in [3.63, 3.8) is 0 Å². The summed E-state index contributed by atoms with van der Waals surface area (Å²) in [4.78, 5) is 22.3. The molecule has 0 atom stereocenters. The van der Waals surface area contributed by atoms with Crippen LogP contribution in [-0.2, 0) is 20.9 Å². The van der Waals surface area contributed by atoms with Crippen molar-refractivity contribution in [2.45, 2.75) is 19.4 Å². The van der Waals surface area contributed by atoms with Gasteiger partial charge in [-0.05, 0) is 43.9 Å². The molecule has 4 aromatic rings. The van der Waals surface area contributed by atoms with Crippen LogP contribution < -0.4 is 0 Å². The Balaban J connectivity index is 1.76. The van der Waals surface area contributed by atoms with Crippen LogP contribution in [0.15, 0.2) is 54.6 Å². The zero-order chi connectivity index (χ0) is 17.4. The SMILES string of the molecule is O=C(O)CCC(=O)OCc1cc2cccc3ccc4cccc1c4c32. The number of carboxylic acid groups (broad SMARTS) is 1. The lowest BCUT2D eigenvalue weighted by Gasteiger charge is -2.14. The van der Waals surface area contributed by atoms with Crippen molar-refractivity contribution in [3.05, 3.63) is 60.2 Å². The molecule has 4 rings (SSSR count). The van der Waals surface area contributed by atoms with Crippen LogP contribution in [0.3, 0.4) is 0 Å². The molecule has 1 N–H and O–H groups in total. The second-order valence-electron chi connectivity index (χ2n) is 6.14. The van der Waals surface area contributed by atoms with Crippen LogP contribution in [0.4, 0.5) is 0 Å². The largest absolute Gasteiger partial charge is 0.481 e. The van der Waals surface area contributed by atoms with Crippen molar-refractivity contribution in [2.24, 2.45) is 0 Å². The summed E-state index contributed by atoms with van der Waals surface area (Å²) in [5.41, 5.74) is 0.931. The summed E-state index contributed by atoms with van der Waals surface area (Å²) in [7, 11) is 0. The molecule has 0 unspecified atom stereocenters. The Labute approximate surface area is 144 Å². The second kappa shape index (κ2) is 6.06. The Bertz CT molecular complexity index is 1100. The van der Waals surface area contributed by atoms with Crippen LogP contribution in [-0.4, -0.2) is 17.0 Å². The molecule has 0 radical (unpaired) electrons. The summed E-state index contributed by atoms with van der Waals surface area (Å²) in [6.07, 6.45) is -0.325. The molecule has 0 aliphatic carbocycles. The number of esters is 1. The quantitative estimate of drug-likeness (QED) is 0.432. The number of carbonyl (C=O) groups is 2. The molecule has 4 heteroatoms. The Kier molecular flexibility index (Phi) is 3.73. The summed E-state index contributed by atoms with van der Waals surface area (Å²) in [6.45, 7) is 0.141. The average molecular weight is 332 g/mol. The molecule has 25 heavy (non-hydrogen) atoms. The third kappa shape index (κ3) is 2.76. The number of ether oxygens (including phenoxy) is 1. The van der Waals surface area contributed by atoms with E-state index >= 15 is 0 Å². The van der Waals surface area contributed by atoms with Gasteiger partial charge in [0, 0.05) is 0 Å². The molecule has 4 aromatic carbocycles. The fraction of sp³-hybridized carbons (Fsp3) is 0.143. The minimum atomic E-state index is -1.00. The number of hydrogen-bond donors (Lipinski definition) is 1. The van der Waals surface area contributed by atoms with Gasteiger partial charge in [0.25, 0.3) is 0 Å². The first kappa shape index (κ1) is 15.4. The maximum absolute atomic E-state index is 11.8. The molecule has 124 valence electrons. The van der Waals surface area contributed by atoms with Crippen molar-refractivity contribution >= 4 is 44.3 Å². The molecule has 4 nitrogen and oxygen atoms in total. The topological polar surface area (TPSA) is 63.6 Å². The van der Waals surface area contributed by atoms with E-state index in [1.165, 1.54) is 16.2 Å². The highest BCUT2D eigenvalue weighted by atomic mass is 16.5. The van der Waals surface area contributed by atoms with E-state index in [2.05, 4.69) is 36.4 Å². The number of aliphatic carboxylic acids is 1. The van der Waals surface area contributed by atoms with E-state index in [1.54, 1.807) is 0 Å². The summed E-state index contributed by atoms with van der Waals surface area (Å²) < 4.78 is 5.30. The summed E-state index contributed by atoms with van der Waals surface area (Å²) >= 11 is 0. The Morgan fingerprint density at radius 1 is 0.840 bits per heavy atom. The fourth-order valence-corrected chi connectivity index (χ4v) is 3.40. The predicted molar refractivity (Wildman–Crippen MR) is 96.8 cm³/mol. The maximum Gasteiger partial charge on any atom is 0.306 e. The van der Waals surface area contributed by atoms with Gasteiger partial charge in [-0.1, -0.05) is 48.5 Å². The lowest BCUT2D eigenvalue weighted by molar-refractivity contribution is -0.148. The second-order valence-corrected chi connectivity index (χ2v) is 6.14. The van der Waals surface area contributed by atoms with Crippen molar-refractivity contribution in [2.75, 3.05) is 0 Å². The van der Waals surface area contributed by atoms with Crippen LogP contribution in [0.5, 0.6) is 0 Å². The summed E-state index contributed by atoms with van der Waals surface area (Å²) in [6, 6.07) is 18.6. The van der Waals surface area contributed by atoms with Crippen molar-refractivity contribution < 1.29 is 19.4 Å². The molecular weight excluding hydrogens is 316 g/mol. The van der Waals surface area contributed by atoms with E-state index in [9.17, 15) is 9.59 Å². The van der Waals surface area contributed by atoms with Gasteiger partial charge in [-0.2, -0.15) is 0 Å². The molecule has 0 aromatic heterocycles. The molecule has 0 saturated carbocycles.